The Kier molecular flexibility index (Phi) is 4.86. The van der Waals surface area contributed by atoms with Crippen LogP contribution in [0.15, 0.2) is 71.6 Å². The number of nitrogens with zero attached hydrogens (tertiary/aromatic N) is 1. The van der Waals surface area contributed by atoms with Gasteiger partial charge in [0.1, 0.15) is 5.54 Å². The van der Waals surface area contributed by atoms with Crippen LogP contribution in [0.5, 0.6) is 0 Å². The minimum atomic E-state index is -4.03. The van der Waals surface area contributed by atoms with Crippen LogP contribution in [0.3, 0.4) is 0 Å². The number of benzene rings is 3. The van der Waals surface area contributed by atoms with E-state index in [9.17, 15) is 18.0 Å². The van der Waals surface area contributed by atoms with Crippen molar-refractivity contribution in [1.29, 1.82) is 0 Å². The van der Waals surface area contributed by atoms with Crippen LogP contribution in [-0.4, -0.2) is 37.2 Å². The SMILES string of the molecule is Cc1cccc(S(=O)(=O)NC(=O)C2(C)CCN2C(=O)c2cccc3ccccc23)c1. The Hall–Kier alpha value is -3.19. The van der Waals surface area contributed by atoms with Gasteiger partial charge in [0.25, 0.3) is 21.8 Å². The number of rotatable bonds is 4. The molecule has 1 N–H and O–H groups in total. The van der Waals surface area contributed by atoms with Gasteiger partial charge in [-0.1, -0.05) is 48.5 Å². The van der Waals surface area contributed by atoms with Crippen molar-refractivity contribution < 1.29 is 18.0 Å². The highest BCUT2D eigenvalue weighted by Gasteiger charge is 2.50. The number of hydrogen-bond donors (Lipinski definition) is 1. The minimum absolute atomic E-state index is 0.0192. The fourth-order valence-electron chi connectivity index (χ4n) is 3.75. The zero-order valence-electron chi connectivity index (χ0n) is 16.8. The molecule has 1 saturated heterocycles. The van der Waals surface area contributed by atoms with Gasteiger partial charge in [-0.3, -0.25) is 9.59 Å². The maximum absolute atomic E-state index is 13.2. The second-order valence-corrected chi connectivity index (χ2v) is 9.44. The van der Waals surface area contributed by atoms with Crippen LogP contribution >= 0.6 is 0 Å². The van der Waals surface area contributed by atoms with Gasteiger partial charge in [0.2, 0.25) is 0 Å². The third kappa shape index (κ3) is 3.35. The first-order valence-corrected chi connectivity index (χ1v) is 11.1. The predicted octanol–water partition coefficient (Wildman–Crippen LogP) is 3.26. The maximum Gasteiger partial charge on any atom is 0.264 e. The quantitative estimate of drug-likeness (QED) is 0.700. The number of amides is 2. The van der Waals surface area contributed by atoms with Gasteiger partial charge in [0.05, 0.1) is 4.90 Å². The largest absolute Gasteiger partial charge is 0.324 e. The molecule has 154 valence electrons. The third-order valence-electron chi connectivity index (χ3n) is 5.70. The summed E-state index contributed by atoms with van der Waals surface area (Å²) in [4.78, 5) is 27.6. The van der Waals surface area contributed by atoms with Gasteiger partial charge in [-0.15, -0.1) is 0 Å². The molecule has 0 radical (unpaired) electrons. The molecule has 1 heterocycles. The highest BCUT2D eigenvalue weighted by atomic mass is 32.2. The smallest absolute Gasteiger partial charge is 0.264 e. The Balaban J connectivity index is 1.60. The van der Waals surface area contributed by atoms with Gasteiger partial charge < -0.3 is 4.90 Å². The van der Waals surface area contributed by atoms with Gasteiger partial charge in [0, 0.05) is 12.1 Å². The zero-order chi connectivity index (χ0) is 21.5. The molecule has 1 aliphatic rings. The van der Waals surface area contributed by atoms with E-state index in [2.05, 4.69) is 4.72 Å². The normalized spacial score (nSPS) is 18.7. The van der Waals surface area contributed by atoms with E-state index in [1.54, 1.807) is 38.1 Å². The minimum Gasteiger partial charge on any atom is -0.324 e. The summed E-state index contributed by atoms with van der Waals surface area (Å²) in [6.45, 7) is 3.76. The molecule has 0 saturated carbocycles. The Labute approximate surface area is 175 Å². The molecule has 1 fully saturated rings. The lowest BCUT2D eigenvalue weighted by Crippen LogP contribution is -2.67. The molecule has 7 heteroatoms. The average molecular weight is 423 g/mol. The molecule has 3 aromatic carbocycles. The van der Waals surface area contributed by atoms with E-state index in [1.807, 2.05) is 30.3 Å². The van der Waals surface area contributed by atoms with Crippen LogP contribution in [0.4, 0.5) is 0 Å². The van der Waals surface area contributed by atoms with Crippen molar-refractivity contribution in [3.05, 3.63) is 77.9 Å². The van der Waals surface area contributed by atoms with Crippen LogP contribution in [0, 0.1) is 6.92 Å². The Bertz CT molecular complexity index is 1260. The summed E-state index contributed by atoms with van der Waals surface area (Å²) in [6.07, 6.45) is 0.388. The number of aryl methyl sites for hydroxylation is 1. The molecule has 0 aliphatic carbocycles. The second kappa shape index (κ2) is 7.25. The van der Waals surface area contributed by atoms with Crippen LogP contribution < -0.4 is 4.72 Å². The third-order valence-corrected chi connectivity index (χ3v) is 7.03. The Morgan fingerprint density at radius 2 is 1.70 bits per heavy atom. The number of hydrogen-bond acceptors (Lipinski definition) is 4. The van der Waals surface area contributed by atoms with Crippen molar-refractivity contribution in [3.8, 4) is 0 Å². The van der Waals surface area contributed by atoms with Crippen molar-refractivity contribution in [2.45, 2.75) is 30.7 Å². The number of nitrogens with one attached hydrogen (secondary N) is 1. The lowest BCUT2D eigenvalue weighted by molar-refractivity contribution is -0.135. The van der Waals surface area contributed by atoms with E-state index in [1.165, 1.54) is 17.0 Å². The number of sulfonamides is 1. The number of likely N-dealkylation sites (tertiary alicyclic amines) is 1. The van der Waals surface area contributed by atoms with Crippen molar-refractivity contribution in [2.24, 2.45) is 0 Å². The number of carbonyl (C=O) groups is 2. The van der Waals surface area contributed by atoms with Crippen LogP contribution in [0.2, 0.25) is 0 Å². The van der Waals surface area contributed by atoms with Gasteiger partial charge >= 0.3 is 0 Å². The molecule has 1 unspecified atom stereocenters. The molecule has 1 aliphatic heterocycles. The highest BCUT2D eigenvalue weighted by molar-refractivity contribution is 7.90. The van der Waals surface area contributed by atoms with Gasteiger partial charge in [0.15, 0.2) is 0 Å². The molecular weight excluding hydrogens is 400 g/mol. The first-order chi connectivity index (χ1) is 14.2. The number of carbonyl (C=O) groups excluding carboxylic acids is 2. The van der Waals surface area contributed by atoms with E-state index >= 15 is 0 Å². The van der Waals surface area contributed by atoms with E-state index in [-0.39, 0.29) is 10.8 Å². The first kappa shape index (κ1) is 20.1. The molecule has 4 rings (SSSR count). The molecule has 30 heavy (non-hydrogen) atoms. The summed E-state index contributed by atoms with van der Waals surface area (Å²) in [7, 11) is -4.03. The Morgan fingerprint density at radius 3 is 2.40 bits per heavy atom. The van der Waals surface area contributed by atoms with E-state index in [4.69, 9.17) is 0 Å². The van der Waals surface area contributed by atoms with Crippen LogP contribution in [0.25, 0.3) is 10.8 Å². The van der Waals surface area contributed by atoms with Crippen molar-refractivity contribution in [1.82, 2.24) is 9.62 Å². The van der Waals surface area contributed by atoms with Crippen molar-refractivity contribution >= 4 is 32.6 Å². The molecular formula is C23H22N2O4S. The number of fused-ring (bicyclic) bond motifs is 1. The lowest BCUT2D eigenvalue weighted by atomic mass is 9.84. The molecule has 3 aromatic rings. The van der Waals surface area contributed by atoms with E-state index in [0.717, 1.165) is 16.3 Å². The molecule has 1 atom stereocenters. The lowest BCUT2D eigenvalue weighted by Gasteiger charge is -2.48. The average Bonchev–Trinajstić information content (AvgIpc) is 2.71. The highest BCUT2D eigenvalue weighted by Crippen LogP contribution is 2.34. The van der Waals surface area contributed by atoms with Crippen LogP contribution in [-0.2, 0) is 14.8 Å². The van der Waals surface area contributed by atoms with E-state index < -0.39 is 21.5 Å². The summed E-state index contributed by atoms with van der Waals surface area (Å²) >= 11 is 0. The monoisotopic (exact) mass is 422 g/mol. The summed E-state index contributed by atoms with van der Waals surface area (Å²) in [5, 5.41) is 1.73. The summed E-state index contributed by atoms with van der Waals surface area (Å²) in [5.74, 6) is -0.993. The topological polar surface area (TPSA) is 83.6 Å². The van der Waals surface area contributed by atoms with Crippen molar-refractivity contribution in [2.75, 3.05) is 6.54 Å². The van der Waals surface area contributed by atoms with E-state index in [0.29, 0.717) is 18.5 Å². The molecule has 0 bridgehead atoms. The maximum atomic E-state index is 13.2. The standard InChI is InChI=1S/C23H22N2O4S/c1-16-7-5-10-18(15-16)30(28,29)24-22(27)23(2)13-14-25(23)21(26)20-12-6-9-17-8-3-4-11-19(17)20/h3-12,15H,13-14H2,1-2H3,(H,24,27). The predicted molar refractivity (Wildman–Crippen MR) is 115 cm³/mol. The first-order valence-electron chi connectivity index (χ1n) is 9.66. The Morgan fingerprint density at radius 1 is 1.00 bits per heavy atom. The van der Waals surface area contributed by atoms with Crippen molar-refractivity contribution in [3.63, 3.8) is 0 Å². The summed E-state index contributed by atoms with van der Waals surface area (Å²) in [6, 6.07) is 19.3. The molecule has 0 aromatic heterocycles. The summed E-state index contributed by atoms with van der Waals surface area (Å²) in [5.41, 5.74) is 0.0339. The van der Waals surface area contributed by atoms with Crippen LogP contribution in [0.1, 0.15) is 29.3 Å². The molecule has 6 nitrogen and oxygen atoms in total. The fourth-order valence-corrected chi connectivity index (χ4v) is 4.93. The van der Waals surface area contributed by atoms with Gasteiger partial charge in [-0.2, -0.15) is 0 Å². The van der Waals surface area contributed by atoms with Gasteiger partial charge in [-0.25, -0.2) is 13.1 Å². The zero-order valence-corrected chi connectivity index (χ0v) is 17.6. The molecule has 0 spiro atoms. The summed E-state index contributed by atoms with van der Waals surface area (Å²) < 4.78 is 27.5. The van der Waals surface area contributed by atoms with Gasteiger partial charge in [-0.05, 0) is 54.8 Å². The molecule has 2 amide bonds. The fraction of sp³-hybridized carbons (Fsp3) is 0.217. The second-order valence-electron chi connectivity index (χ2n) is 7.76.